The van der Waals surface area contributed by atoms with E-state index in [9.17, 15) is 0 Å². The Bertz CT molecular complexity index is 1140. The van der Waals surface area contributed by atoms with E-state index >= 15 is 0 Å². The lowest BCUT2D eigenvalue weighted by Crippen LogP contribution is -2.13. The molecule has 0 aliphatic carbocycles. The lowest BCUT2D eigenvalue weighted by molar-refractivity contribution is 0.272. The second-order valence-electron chi connectivity index (χ2n) is 7.03. The van der Waals surface area contributed by atoms with Crippen LogP contribution in [-0.2, 0) is 13.2 Å². The van der Waals surface area contributed by atoms with Crippen LogP contribution in [0.1, 0.15) is 17.0 Å². The van der Waals surface area contributed by atoms with Crippen LogP contribution in [0.2, 0.25) is 5.02 Å². The highest BCUT2D eigenvalue weighted by atomic mass is 35.5. The fourth-order valence-electron chi connectivity index (χ4n) is 3.30. The number of fused-ring (bicyclic) bond motifs is 1. The molecule has 5 heteroatoms. The second kappa shape index (κ2) is 8.58. The summed E-state index contributed by atoms with van der Waals surface area (Å²) in [6.07, 6.45) is 0. The topological polar surface area (TPSA) is 36.3 Å². The summed E-state index contributed by atoms with van der Waals surface area (Å²) in [7, 11) is 0. The van der Waals surface area contributed by atoms with Gasteiger partial charge in [0.2, 0.25) is 0 Å². The highest BCUT2D eigenvalue weighted by Gasteiger charge is 2.11. The number of aryl methyl sites for hydroxylation is 2. The van der Waals surface area contributed by atoms with Gasteiger partial charge in [-0.1, -0.05) is 35.9 Å². The van der Waals surface area contributed by atoms with Crippen LogP contribution in [0.15, 0.2) is 66.7 Å². The van der Waals surface area contributed by atoms with Gasteiger partial charge in [0, 0.05) is 5.02 Å². The van der Waals surface area contributed by atoms with Crippen molar-refractivity contribution >= 4 is 22.6 Å². The maximum absolute atomic E-state index is 6.10. The van der Waals surface area contributed by atoms with Crippen LogP contribution in [0.25, 0.3) is 11.0 Å². The molecule has 4 rings (SSSR count). The Balaban J connectivity index is 1.50. The van der Waals surface area contributed by atoms with E-state index in [0.717, 1.165) is 38.9 Å². The van der Waals surface area contributed by atoms with Crippen molar-refractivity contribution in [1.29, 1.82) is 0 Å². The standard InChI is InChI=1S/C24H23ClN2O2/c1-17-6-5-7-19(14-17)29-16-24-26-22-8-3-4-9-23(22)27(24)12-13-28-20-10-11-21(25)18(2)15-20/h3-11,14-15H,12-13,16H2,1-2H3. The lowest BCUT2D eigenvalue weighted by Gasteiger charge is -2.12. The van der Waals surface area contributed by atoms with Crippen LogP contribution in [-0.4, -0.2) is 16.2 Å². The number of halogens is 1. The molecule has 4 aromatic rings. The van der Waals surface area contributed by atoms with E-state index in [4.69, 9.17) is 26.1 Å². The highest BCUT2D eigenvalue weighted by Crippen LogP contribution is 2.22. The summed E-state index contributed by atoms with van der Waals surface area (Å²) in [6, 6.07) is 21.9. The molecule has 4 nitrogen and oxygen atoms in total. The van der Waals surface area contributed by atoms with Crippen molar-refractivity contribution in [3.63, 3.8) is 0 Å². The van der Waals surface area contributed by atoms with Crippen molar-refractivity contribution in [3.8, 4) is 11.5 Å². The van der Waals surface area contributed by atoms with E-state index in [1.807, 2.05) is 61.5 Å². The third kappa shape index (κ3) is 4.54. The molecule has 148 valence electrons. The number of aromatic nitrogens is 2. The number of hydrogen-bond donors (Lipinski definition) is 0. The fraction of sp³-hybridized carbons (Fsp3) is 0.208. The van der Waals surface area contributed by atoms with Crippen molar-refractivity contribution in [2.45, 2.75) is 27.0 Å². The summed E-state index contributed by atoms with van der Waals surface area (Å²) < 4.78 is 14.1. The van der Waals surface area contributed by atoms with Crippen molar-refractivity contribution < 1.29 is 9.47 Å². The molecule has 0 unspecified atom stereocenters. The molecule has 0 saturated heterocycles. The number of nitrogens with zero attached hydrogens (tertiary/aromatic N) is 2. The molecule has 0 radical (unpaired) electrons. The monoisotopic (exact) mass is 406 g/mol. The van der Waals surface area contributed by atoms with Gasteiger partial charge >= 0.3 is 0 Å². The third-order valence-corrected chi connectivity index (χ3v) is 5.23. The molecule has 0 spiro atoms. The smallest absolute Gasteiger partial charge is 0.148 e. The zero-order valence-electron chi connectivity index (χ0n) is 16.6. The van der Waals surface area contributed by atoms with Gasteiger partial charge in [-0.25, -0.2) is 4.98 Å². The number of ether oxygens (including phenoxy) is 2. The molecule has 0 amide bonds. The van der Waals surface area contributed by atoms with Gasteiger partial charge in [0.25, 0.3) is 0 Å². The molecule has 0 aliphatic heterocycles. The summed E-state index contributed by atoms with van der Waals surface area (Å²) in [4.78, 5) is 4.77. The van der Waals surface area contributed by atoms with E-state index < -0.39 is 0 Å². The minimum Gasteiger partial charge on any atom is -0.492 e. The normalized spacial score (nSPS) is 11.0. The maximum Gasteiger partial charge on any atom is 0.148 e. The first-order chi connectivity index (χ1) is 14.1. The molecule has 0 atom stereocenters. The Morgan fingerprint density at radius 2 is 1.72 bits per heavy atom. The van der Waals surface area contributed by atoms with Crippen LogP contribution in [0.3, 0.4) is 0 Å². The summed E-state index contributed by atoms with van der Waals surface area (Å²) in [5, 5.41) is 0.744. The molecular formula is C24H23ClN2O2. The average Bonchev–Trinajstić information content (AvgIpc) is 3.07. The van der Waals surface area contributed by atoms with Crippen LogP contribution in [0.5, 0.6) is 11.5 Å². The molecule has 0 saturated carbocycles. The van der Waals surface area contributed by atoms with Crippen LogP contribution in [0.4, 0.5) is 0 Å². The minimum absolute atomic E-state index is 0.401. The van der Waals surface area contributed by atoms with E-state index in [-0.39, 0.29) is 0 Å². The summed E-state index contributed by atoms with van der Waals surface area (Å²) in [5.41, 5.74) is 4.20. The average molecular weight is 407 g/mol. The van der Waals surface area contributed by atoms with Gasteiger partial charge < -0.3 is 14.0 Å². The molecule has 1 aromatic heterocycles. The Hall–Kier alpha value is -2.98. The van der Waals surface area contributed by atoms with Crippen LogP contribution >= 0.6 is 11.6 Å². The van der Waals surface area contributed by atoms with Gasteiger partial charge in [-0.15, -0.1) is 0 Å². The van der Waals surface area contributed by atoms with E-state index in [2.05, 4.69) is 23.6 Å². The maximum atomic E-state index is 6.10. The number of rotatable bonds is 7. The first kappa shape index (κ1) is 19.3. The zero-order valence-corrected chi connectivity index (χ0v) is 17.3. The van der Waals surface area contributed by atoms with Crippen molar-refractivity contribution in [1.82, 2.24) is 9.55 Å². The Morgan fingerprint density at radius 1 is 0.897 bits per heavy atom. The molecular weight excluding hydrogens is 384 g/mol. The quantitative estimate of drug-likeness (QED) is 0.379. The lowest BCUT2D eigenvalue weighted by atomic mass is 10.2. The van der Waals surface area contributed by atoms with Gasteiger partial charge in [-0.3, -0.25) is 0 Å². The number of benzene rings is 3. The molecule has 0 N–H and O–H groups in total. The van der Waals surface area contributed by atoms with Crippen molar-refractivity contribution in [2.75, 3.05) is 6.61 Å². The van der Waals surface area contributed by atoms with Gasteiger partial charge in [-0.2, -0.15) is 0 Å². The Morgan fingerprint density at radius 3 is 2.55 bits per heavy atom. The molecule has 1 heterocycles. The predicted molar refractivity (Wildman–Crippen MR) is 117 cm³/mol. The Labute approximate surface area is 175 Å². The Kier molecular flexibility index (Phi) is 5.72. The predicted octanol–water partition coefficient (Wildman–Crippen LogP) is 5.96. The molecule has 0 aliphatic rings. The number of hydrogen-bond acceptors (Lipinski definition) is 3. The van der Waals surface area contributed by atoms with Crippen molar-refractivity contribution in [3.05, 3.63) is 88.7 Å². The number of para-hydroxylation sites is 2. The molecule has 0 bridgehead atoms. The third-order valence-electron chi connectivity index (χ3n) is 4.80. The number of imidazole rings is 1. The second-order valence-corrected chi connectivity index (χ2v) is 7.44. The summed E-state index contributed by atoms with van der Waals surface area (Å²) in [5.74, 6) is 2.54. The highest BCUT2D eigenvalue weighted by molar-refractivity contribution is 6.31. The van der Waals surface area contributed by atoms with Gasteiger partial charge in [0.05, 0.1) is 17.6 Å². The first-order valence-electron chi connectivity index (χ1n) is 9.63. The van der Waals surface area contributed by atoms with Crippen LogP contribution in [0, 0.1) is 13.8 Å². The summed E-state index contributed by atoms with van der Waals surface area (Å²) in [6.45, 7) is 5.63. The SMILES string of the molecule is Cc1cccc(OCc2nc3ccccc3n2CCOc2ccc(Cl)c(C)c2)c1. The molecule has 3 aromatic carbocycles. The van der Waals surface area contributed by atoms with E-state index in [1.165, 1.54) is 5.56 Å². The first-order valence-corrected chi connectivity index (χ1v) is 10.0. The van der Waals surface area contributed by atoms with Crippen molar-refractivity contribution in [2.24, 2.45) is 0 Å². The van der Waals surface area contributed by atoms with Crippen LogP contribution < -0.4 is 9.47 Å². The largest absolute Gasteiger partial charge is 0.492 e. The van der Waals surface area contributed by atoms with E-state index in [0.29, 0.717) is 19.8 Å². The summed E-state index contributed by atoms with van der Waals surface area (Å²) >= 11 is 6.10. The fourth-order valence-corrected chi connectivity index (χ4v) is 3.42. The zero-order chi connectivity index (χ0) is 20.2. The van der Waals surface area contributed by atoms with E-state index in [1.54, 1.807) is 0 Å². The van der Waals surface area contributed by atoms with Gasteiger partial charge in [0.15, 0.2) is 0 Å². The molecule has 29 heavy (non-hydrogen) atoms. The minimum atomic E-state index is 0.401. The molecule has 0 fully saturated rings. The van der Waals surface area contributed by atoms with Gasteiger partial charge in [0.1, 0.15) is 30.5 Å². The van der Waals surface area contributed by atoms with Gasteiger partial charge in [-0.05, 0) is 67.4 Å².